The average Bonchev–Trinajstić information content (AvgIpc) is 2.35. The molecule has 0 spiro atoms. The van der Waals surface area contributed by atoms with E-state index in [9.17, 15) is 4.79 Å². The fourth-order valence-corrected chi connectivity index (χ4v) is 2.29. The van der Waals surface area contributed by atoms with Crippen LogP contribution in [0.2, 0.25) is 0 Å². The topological polar surface area (TPSA) is 70.7 Å². The van der Waals surface area contributed by atoms with Crippen molar-refractivity contribution >= 4 is 17.6 Å². The second kappa shape index (κ2) is 5.68. The Morgan fingerprint density at radius 1 is 1.39 bits per heavy atom. The van der Waals surface area contributed by atoms with E-state index in [1.165, 1.54) is 17.8 Å². The van der Waals surface area contributed by atoms with Crippen LogP contribution < -0.4 is 10.9 Å². The van der Waals surface area contributed by atoms with Gasteiger partial charge in [0.05, 0.1) is 5.69 Å². The Hall–Kier alpha value is -1.82. The third kappa shape index (κ3) is 3.33. The van der Waals surface area contributed by atoms with Crippen molar-refractivity contribution in [3.8, 4) is 0 Å². The number of hydrogen-bond acceptors (Lipinski definition) is 5. The van der Waals surface area contributed by atoms with Crippen LogP contribution in [-0.4, -0.2) is 22.0 Å². The molecule has 2 aromatic rings. The molecule has 2 rings (SSSR count). The molecular formula is C12H14N4OS. The van der Waals surface area contributed by atoms with E-state index in [0.29, 0.717) is 10.9 Å². The molecule has 0 aromatic carbocycles. The lowest BCUT2D eigenvalue weighted by molar-refractivity contribution is 0.904. The van der Waals surface area contributed by atoms with Crippen molar-refractivity contribution in [3.05, 3.63) is 46.0 Å². The minimum absolute atomic E-state index is 0.123. The first-order chi connectivity index (χ1) is 8.67. The molecule has 2 N–H and O–H groups in total. The predicted octanol–water partition coefficient (Wildman–Crippen LogP) is 1.81. The second-order valence-corrected chi connectivity index (χ2v) is 4.71. The van der Waals surface area contributed by atoms with Gasteiger partial charge in [-0.3, -0.25) is 4.79 Å². The first kappa shape index (κ1) is 12.6. The maximum absolute atomic E-state index is 11.3. The summed E-state index contributed by atoms with van der Waals surface area (Å²) in [4.78, 5) is 22.6. The second-order valence-electron chi connectivity index (χ2n) is 3.74. The molecule has 94 valence electrons. The van der Waals surface area contributed by atoms with Crippen molar-refractivity contribution in [2.24, 2.45) is 0 Å². The Morgan fingerprint density at radius 3 is 2.94 bits per heavy atom. The SMILES string of the molecule is CNc1cccc(CSc2nc(C)cc(=O)[nH]2)n1. The van der Waals surface area contributed by atoms with Crippen molar-refractivity contribution < 1.29 is 0 Å². The number of hydrogen-bond donors (Lipinski definition) is 2. The quantitative estimate of drug-likeness (QED) is 0.649. The average molecular weight is 262 g/mol. The molecule has 0 amide bonds. The molecule has 0 radical (unpaired) electrons. The number of aryl methyl sites for hydroxylation is 1. The van der Waals surface area contributed by atoms with Crippen molar-refractivity contribution in [3.63, 3.8) is 0 Å². The van der Waals surface area contributed by atoms with E-state index in [1.807, 2.05) is 25.2 Å². The van der Waals surface area contributed by atoms with Crippen LogP contribution in [0.5, 0.6) is 0 Å². The van der Waals surface area contributed by atoms with Crippen LogP contribution in [0, 0.1) is 6.92 Å². The van der Waals surface area contributed by atoms with Crippen LogP contribution in [0.4, 0.5) is 5.82 Å². The van der Waals surface area contributed by atoms with E-state index in [-0.39, 0.29) is 5.56 Å². The molecule has 6 heteroatoms. The van der Waals surface area contributed by atoms with Gasteiger partial charge in [-0.05, 0) is 19.1 Å². The fraction of sp³-hybridized carbons (Fsp3) is 0.250. The molecule has 18 heavy (non-hydrogen) atoms. The van der Waals surface area contributed by atoms with Gasteiger partial charge in [0.1, 0.15) is 5.82 Å². The molecule has 0 saturated heterocycles. The molecular weight excluding hydrogens is 248 g/mol. The number of nitrogens with one attached hydrogen (secondary N) is 2. The molecule has 0 atom stereocenters. The summed E-state index contributed by atoms with van der Waals surface area (Å²) >= 11 is 1.46. The van der Waals surface area contributed by atoms with Crippen LogP contribution in [-0.2, 0) is 5.75 Å². The van der Waals surface area contributed by atoms with Crippen molar-refractivity contribution in [2.75, 3.05) is 12.4 Å². The number of anilines is 1. The van der Waals surface area contributed by atoms with Gasteiger partial charge in [0.25, 0.3) is 5.56 Å². The van der Waals surface area contributed by atoms with E-state index in [1.54, 1.807) is 6.92 Å². The Kier molecular flexibility index (Phi) is 3.99. The maximum atomic E-state index is 11.3. The first-order valence-electron chi connectivity index (χ1n) is 5.52. The Balaban J connectivity index is 2.08. The van der Waals surface area contributed by atoms with E-state index in [4.69, 9.17) is 0 Å². The van der Waals surface area contributed by atoms with Gasteiger partial charge in [0.15, 0.2) is 5.16 Å². The first-order valence-corrected chi connectivity index (χ1v) is 6.50. The lowest BCUT2D eigenvalue weighted by atomic mass is 10.4. The van der Waals surface area contributed by atoms with Gasteiger partial charge in [-0.1, -0.05) is 17.8 Å². The highest BCUT2D eigenvalue weighted by molar-refractivity contribution is 7.98. The molecule has 2 heterocycles. The number of thioether (sulfide) groups is 1. The summed E-state index contributed by atoms with van der Waals surface area (Å²) < 4.78 is 0. The van der Waals surface area contributed by atoms with Crippen molar-refractivity contribution in [2.45, 2.75) is 17.8 Å². The van der Waals surface area contributed by atoms with Gasteiger partial charge in [-0.25, -0.2) is 9.97 Å². The van der Waals surface area contributed by atoms with Gasteiger partial charge < -0.3 is 10.3 Å². The van der Waals surface area contributed by atoms with Gasteiger partial charge in [-0.15, -0.1) is 0 Å². The number of aromatic nitrogens is 3. The summed E-state index contributed by atoms with van der Waals surface area (Å²) in [6.45, 7) is 1.80. The van der Waals surface area contributed by atoms with Crippen molar-refractivity contribution in [1.82, 2.24) is 15.0 Å². The molecule has 2 aromatic heterocycles. The lowest BCUT2D eigenvalue weighted by Crippen LogP contribution is -2.08. The Bertz CT molecular complexity index is 597. The molecule has 0 aliphatic carbocycles. The van der Waals surface area contributed by atoms with E-state index < -0.39 is 0 Å². The van der Waals surface area contributed by atoms with E-state index in [0.717, 1.165) is 17.2 Å². The molecule has 0 unspecified atom stereocenters. The fourth-order valence-electron chi connectivity index (χ4n) is 1.46. The Labute approximate surface area is 109 Å². The van der Waals surface area contributed by atoms with Gasteiger partial charge >= 0.3 is 0 Å². The normalized spacial score (nSPS) is 10.3. The monoisotopic (exact) mass is 262 g/mol. The molecule has 5 nitrogen and oxygen atoms in total. The molecule has 0 bridgehead atoms. The van der Waals surface area contributed by atoms with Crippen LogP contribution in [0.25, 0.3) is 0 Å². The number of pyridine rings is 1. The highest BCUT2D eigenvalue weighted by Gasteiger charge is 2.02. The summed E-state index contributed by atoms with van der Waals surface area (Å²) in [6.07, 6.45) is 0. The zero-order valence-corrected chi connectivity index (χ0v) is 11.0. The van der Waals surface area contributed by atoms with Gasteiger partial charge in [0, 0.05) is 24.6 Å². The Morgan fingerprint density at radius 2 is 2.22 bits per heavy atom. The smallest absolute Gasteiger partial charge is 0.251 e. The number of nitrogens with zero attached hydrogens (tertiary/aromatic N) is 2. The van der Waals surface area contributed by atoms with Crippen LogP contribution in [0.1, 0.15) is 11.4 Å². The zero-order chi connectivity index (χ0) is 13.0. The van der Waals surface area contributed by atoms with Gasteiger partial charge in [-0.2, -0.15) is 0 Å². The summed E-state index contributed by atoms with van der Waals surface area (Å²) in [5, 5.41) is 3.61. The highest BCUT2D eigenvalue weighted by atomic mass is 32.2. The maximum Gasteiger partial charge on any atom is 0.251 e. The minimum atomic E-state index is -0.123. The molecule has 0 fully saturated rings. The summed E-state index contributed by atoms with van der Waals surface area (Å²) in [5.74, 6) is 1.50. The number of H-pyrrole nitrogens is 1. The predicted molar refractivity (Wildman–Crippen MR) is 72.9 cm³/mol. The summed E-state index contributed by atoms with van der Waals surface area (Å²) in [5.41, 5.74) is 1.54. The van der Waals surface area contributed by atoms with E-state index in [2.05, 4.69) is 20.3 Å². The lowest BCUT2D eigenvalue weighted by Gasteiger charge is -2.04. The third-order valence-corrected chi connectivity index (χ3v) is 3.17. The third-order valence-electron chi connectivity index (χ3n) is 2.27. The van der Waals surface area contributed by atoms with Crippen LogP contribution in [0.3, 0.4) is 0 Å². The number of aromatic amines is 1. The van der Waals surface area contributed by atoms with E-state index >= 15 is 0 Å². The highest BCUT2D eigenvalue weighted by Crippen LogP contribution is 2.17. The minimum Gasteiger partial charge on any atom is -0.373 e. The van der Waals surface area contributed by atoms with Gasteiger partial charge in [0.2, 0.25) is 0 Å². The summed E-state index contributed by atoms with van der Waals surface area (Å²) in [6, 6.07) is 7.27. The molecule has 0 aliphatic heterocycles. The molecule has 0 aliphatic rings. The standard InChI is InChI=1S/C12H14N4OS/c1-8-6-11(17)16-12(14-8)18-7-9-4-3-5-10(13-2)15-9/h3-6H,7H2,1-2H3,(H,13,15)(H,14,16,17). The van der Waals surface area contributed by atoms with Crippen LogP contribution >= 0.6 is 11.8 Å². The number of rotatable bonds is 4. The molecule has 0 saturated carbocycles. The largest absolute Gasteiger partial charge is 0.373 e. The van der Waals surface area contributed by atoms with Crippen molar-refractivity contribution in [1.29, 1.82) is 0 Å². The van der Waals surface area contributed by atoms with Crippen LogP contribution in [0.15, 0.2) is 34.2 Å². The zero-order valence-electron chi connectivity index (χ0n) is 10.2. The summed E-state index contributed by atoms with van der Waals surface area (Å²) in [7, 11) is 1.83.